The molecule has 0 bridgehead atoms. The van der Waals surface area contributed by atoms with E-state index in [-0.39, 0.29) is 11.8 Å². The highest BCUT2D eigenvalue weighted by molar-refractivity contribution is 14.1. The summed E-state index contributed by atoms with van der Waals surface area (Å²) in [6.07, 6.45) is 0. The van der Waals surface area contributed by atoms with E-state index in [0.717, 1.165) is 20.5 Å². The van der Waals surface area contributed by atoms with Crippen molar-refractivity contribution in [1.82, 2.24) is 4.98 Å². The third kappa shape index (κ3) is 4.17. The molecule has 1 aromatic carbocycles. The number of carbonyl (C=O) groups is 1. The lowest BCUT2D eigenvalue weighted by molar-refractivity contribution is 0.102. The second-order valence-electron chi connectivity index (χ2n) is 5.17. The summed E-state index contributed by atoms with van der Waals surface area (Å²) in [4.78, 5) is 16.6. The number of hydrogen-bond acceptors (Lipinski definition) is 2. The van der Waals surface area contributed by atoms with Crippen molar-refractivity contribution in [2.75, 3.05) is 5.32 Å². The zero-order chi connectivity index (χ0) is 15.6. The van der Waals surface area contributed by atoms with E-state index in [0.29, 0.717) is 10.7 Å². The van der Waals surface area contributed by atoms with Gasteiger partial charge in [-0.05, 0) is 71.3 Å². The fourth-order valence-electron chi connectivity index (χ4n) is 1.91. The molecule has 0 aliphatic heterocycles. The van der Waals surface area contributed by atoms with E-state index in [1.54, 1.807) is 12.1 Å². The van der Waals surface area contributed by atoms with Gasteiger partial charge in [-0.3, -0.25) is 4.79 Å². The molecular weight excluding hydrogens is 399 g/mol. The molecule has 1 heterocycles. The number of rotatable bonds is 3. The van der Waals surface area contributed by atoms with Crippen LogP contribution in [0, 0.1) is 10.5 Å². The van der Waals surface area contributed by atoms with Gasteiger partial charge in [-0.1, -0.05) is 25.4 Å². The molecule has 0 aliphatic rings. The Labute approximate surface area is 143 Å². The number of aryl methyl sites for hydroxylation is 1. The van der Waals surface area contributed by atoms with Crippen LogP contribution in [0.25, 0.3) is 0 Å². The van der Waals surface area contributed by atoms with Crippen LogP contribution in [0.4, 0.5) is 5.69 Å². The number of hydrogen-bond donors (Lipinski definition) is 1. The van der Waals surface area contributed by atoms with Crippen LogP contribution in [0.1, 0.15) is 41.4 Å². The van der Waals surface area contributed by atoms with E-state index in [4.69, 9.17) is 11.6 Å². The van der Waals surface area contributed by atoms with Crippen molar-refractivity contribution in [3.63, 3.8) is 0 Å². The van der Waals surface area contributed by atoms with Crippen molar-refractivity contribution in [3.8, 4) is 0 Å². The second-order valence-corrected chi connectivity index (χ2v) is 6.80. The molecule has 110 valence electrons. The van der Waals surface area contributed by atoms with Crippen LogP contribution in [0.5, 0.6) is 0 Å². The number of nitrogens with zero attached hydrogens (tertiary/aromatic N) is 1. The lowest BCUT2D eigenvalue weighted by Gasteiger charge is -2.11. The fourth-order valence-corrected chi connectivity index (χ4v) is 2.77. The quantitative estimate of drug-likeness (QED) is 0.566. The van der Waals surface area contributed by atoms with Gasteiger partial charge in [0.05, 0.1) is 0 Å². The highest BCUT2D eigenvalue weighted by atomic mass is 127. The van der Waals surface area contributed by atoms with E-state index in [1.807, 2.05) is 39.0 Å². The number of amides is 1. The maximum Gasteiger partial charge on any atom is 0.255 e. The van der Waals surface area contributed by atoms with Crippen LogP contribution in [0.3, 0.4) is 0 Å². The van der Waals surface area contributed by atoms with Crippen molar-refractivity contribution in [2.24, 2.45) is 0 Å². The molecule has 0 radical (unpaired) electrons. The molecule has 0 fully saturated rings. The summed E-state index contributed by atoms with van der Waals surface area (Å²) in [7, 11) is 0. The third-order valence-corrected chi connectivity index (χ3v) is 3.97. The summed E-state index contributed by atoms with van der Waals surface area (Å²) >= 11 is 8.25. The Morgan fingerprint density at radius 2 is 2.00 bits per heavy atom. The van der Waals surface area contributed by atoms with Gasteiger partial charge in [-0.25, -0.2) is 4.98 Å². The Hall–Kier alpha value is -1.14. The average molecular weight is 415 g/mol. The molecule has 0 saturated carbocycles. The molecule has 0 saturated heterocycles. The minimum atomic E-state index is -0.175. The summed E-state index contributed by atoms with van der Waals surface area (Å²) < 4.78 is 1.14. The number of aromatic nitrogens is 1. The van der Waals surface area contributed by atoms with Crippen LogP contribution < -0.4 is 5.32 Å². The van der Waals surface area contributed by atoms with Gasteiger partial charge in [-0.2, -0.15) is 0 Å². The number of anilines is 1. The van der Waals surface area contributed by atoms with Crippen LogP contribution in [-0.4, -0.2) is 10.9 Å². The highest BCUT2D eigenvalue weighted by Crippen LogP contribution is 2.21. The van der Waals surface area contributed by atoms with Gasteiger partial charge in [0.2, 0.25) is 0 Å². The molecule has 2 aromatic rings. The van der Waals surface area contributed by atoms with Gasteiger partial charge < -0.3 is 5.32 Å². The Morgan fingerprint density at radius 3 is 2.62 bits per heavy atom. The molecule has 1 aromatic heterocycles. The molecule has 0 spiro atoms. The van der Waals surface area contributed by atoms with Crippen LogP contribution >= 0.6 is 34.2 Å². The van der Waals surface area contributed by atoms with Gasteiger partial charge in [0.15, 0.2) is 0 Å². The third-order valence-electron chi connectivity index (χ3n) is 3.10. The first kappa shape index (κ1) is 16.2. The van der Waals surface area contributed by atoms with Crippen molar-refractivity contribution in [3.05, 3.63) is 55.9 Å². The predicted octanol–water partition coefficient (Wildman–Crippen LogP) is 5.02. The molecule has 2 rings (SSSR count). The zero-order valence-electron chi connectivity index (χ0n) is 12.1. The first-order chi connectivity index (χ1) is 9.86. The first-order valence-corrected chi connectivity index (χ1v) is 8.07. The van der Waals surface area contributed by atoms with E-state index < -0.39 is 0 Å². The smallest absolute Gasteiger partial charge is 0.255 e. The monoisotopic (exact) mass is 414 g/mol. The molecule has 0 atom stereocenters. The number of nitrogens with one attached hydrogen (secondary N) is 1. The summed E-state index contributed by atoms with van der Waals surface area (Å²) in [5.74, 6) is 0.0424. The molecule has 1 amide bonds. The van der Waals surface area contributed by atoms with Crippen molar-refractivity contribution in [2.45, 2.75) is 26.7 Å². The Kier molecular flexibility index (Phi) is 5.22. The highest BCUT2D eigenvalue weighted by Gasteiger charge is 2.12. The van der Waals surface area contributed by atoms with E-state index in [2.05, 4.69) is 32.9 Å². The predicted molar refractivity (Wildman–Crippen MR) is 95.2 cm³/mol. The van der Waals surface area contributed by atoms with E-state index >= 15 is 0 Å². The minimum Gasteiger partial charge on any atom is -0.322 e. The molecule has 0 unspecified atom stereocenters. The van der Waals surface area contributed by atoms with Gasteiger partial charge in [-0.15, -0.1) is 0 Å². The first-order valence-electron chi connectivity index (χ1n) is 6.62. The topological polar surface area (TPSA) is 42.0 Å². The molecule has 21 heavy (non-hydrogen) atoms. The summed E-state index contributed by atoms with van der Waals surface area (Å²) in [5, 5.41) is 3.26. The van der Waals surface area contributed by atoms with Crippen molar-refractivity contribution < 1.29 is 4.79 Å². The largest absolute Gasteiger partial charge is 0.322 e. The Balaban J connectivity index is 2.28. The van der Waals surface area contributed by atoms with Gasteiger partial charge in [0.1, 0.15) is 5.15 Å². The van der Waals surface area contributed by atoms with Crippen LogP contribution in [0.15, 0.2) is 30.3 Å². The number of carbonyl (C=O) groups excluding carboxylic acids is 1. The summed E-state index contributed by atoms with van der Waals surface area (Å²) in [6.45, 7) is 6.00. The van der Waals surface area contributed by atoms with Crippen molar-refractivity contribution in [1.29, 1.82) is 0 Å². The standard InChI is InChI=1S/C16H16ClIN2O/c1-9(2)14-7-11(8-15(17)19-14)16(21)20-13-5-4-12(18)6-10(13)3/h4-9H,1-3H3,(H,20,21). The Morgan fingerprint density at radius 1 is 1.29 bits per heavy atom. The maximum atomic E-state index is 12.4. The number of halogens is 2. The maximum absolute atomic E-state index is 12.4. The summed E-state index contributed by atoms with van der Waals surface area (Å²) in [6, 6.07) is 9.26. The molecule has 1 N–H and O–H groups in total. The lowest BCUT2D eigenvalue weighted by Crippen LogP contribution is -2.14. The molecule has 0 aliphatic carbocycles. The lowest BCUT2D eigenvalue weighted by atomic mass is 10.1. The zero-order valence-corrected chi connectivity index (χ0v) is 15.0. The SMILES string of the molecule is Cc1cc(I)ccc1NC(=O)c1cc(Cl)nc(C(C)C)c1. The van der Waals surface area contributed by atoms with E-state index in [9.17, 15) is 4.79 Å². The van der Waals surface area contributed by atoms with Crippen molar-refractivity contribution >= 4 is 45.8 Å². The fraction of sp³-hybridized carbons (Fsp3) is 0.250. The van der Waals surface area contributed by atoms with Gasteiger partial charge >= 0.3 is 0 Å². The summed E-state index contributed by atoms with van der Waals surface area (Å²) in [5.41, 5.74) is 3.17. The molecule has 3 nitrogen and oxygen atoms in total. The number of pyridine rings is 1. The number of benzene rings is 1. The van der Waals surface area contributed by atoms with Gasteiger partial charge in [0, 0.05) is 20.5 Å². The van der Waals surface area contributed by atoms with Gasteiger partial charge in [0.25, 0.3) is 5.91 Å². The molecular formula is C16H16ClIN2O. The average Bonchev–Trinajstić information content (AvgIpc) is 2.41. The second kappa shape index (κ2) is 6.75. The normalized spacial score (nSPS) is 10.8. The Bertz CT molecular complexity index is 686. The minimum absolute atomic E-state index is 0.175. The van der Waals surface area contributed by atoms with E-state index in [1.165, 1.54) is 0 Å². The van der Waals surface area contributed by atoms with Crippen LogP contribution in [0.2, 0.25) is 5.15 Å². The molecule has 5 heteroatoms. The van der Waals surface area contributed by atoms with Crippen LogP contribution in [-0.2, 0) is 0 Å².